The molecule has 0 aliphatic rings. The Kier molecular flexibility index (Phi) is 8.07. The van der Waals surface area contributed by atoms with Crippen LogP contribution in [-0.4, -0.2) is 41.7 Å². The van der Waals surface area contributed by atoms with E-state index in [1.54, 1.807) is 31.2 Å². The molecule has 150 valence electrons. The maximum absolute atomic E-state index is 12.5. The van der Waals surface area contributed by atoms with E-state index in [4.69, 9.17) is 9.84 Å². The van der Waals surface area contributed by atoms with Gasteiger partial charge in [0, 0.05) is 12.5 Å². The Morgan fingerprint density at radius 3 is 2.33 bits per heavy atom. The summed E-state index contributed by atoms with van der Waals surface area (Å²) >= 11 is 0. The number of carbonyl (C=O) groups is 3. The van der Waals surface area contributed by atoms with Gasteiger partial charge in [-0.25, -0.2) is 4.79 Å². The highest BCUT2D eigenvalue weighted by Gasteiger charge is 2.36. The highest BCUT2D eigenvalue weighted by atomic mass is 19.4. The molecule has 1 rings (SSSR count). The summed E-state index contributed by atoms with van der Waals surface area (Å²) in [6, 6.07) is 3.54. The molecule has 0 aromatic heterocycles. The minimum atomic E-state index is -4.76. The van der Waals surface area contributed by atoms with Crippen molar-refractivity contribution in [3.05, 3.63) is 29.8 Å². The number of para-hydroxylation sites is 1. The average Bonchev–Trinajstić information content (AvgIpc) is 2.52. The molecule has 1 aromatic rings. The number of alkyl halides is 3. The molecule has 0 radical (unpaired) electrons. The van der Waals surface area contributed by atoms with Crippen LogP contribution in [0.15, 0.2) is 24.3 Å². The van der Waals surface area contributed by atoms with Gasteiger partial charge in [-0.2, -0.15) is 13.2 Å². The minimum absolute atomic E-state index is 0.322. The molecule has 10 heteroatoms. The number of benzene rings is 1. The van der Waals surface area contributed by atoms with Crippen molar-refractivity contribution in [3.63, 3.8) is 0 Å². The van der Waals surface area contributed by atoms with Crippen LogP contribution in [0.2, 0.25) is 0 Å². The fraction of sp³-hybridized carbons (Fsp3) is 0.471. The Balaban J connectivity index is 2.98. The third-order valence-corrected chi connectivity index (χ3v) is 3.43. The van der Waals surface area contributed by atoms with Crippen molar-refractivity contribution in [1.29, 1.82) is 0 Å². The number of carboxylic acid groups (broad SMARTS) is 1. The fourth-order valence-electron chi connectivity index (χ4n) is 2.41. The predicted molar refractivity (Wildman–Crippen MR) is 89.0 cm³/mol. The zero-order valence-electron chi connectivity index (χ0n) is 14.8. The summed E-state index contributed by atoms with van der Waals surface area (Å²) in [5.74, 6) is -2.82. The molecule has 2 amide bonds. The van der Waals surface area contributed by atoms with Gasteiger partial charge in [0.05, 0.1) is 25.5 Å². The molecule has 2 atom stereocenters. The van der Waals surface area contributed by atoms with E-state index < -0.39 is 48.9 Å². The molecule has 0 spiro atoms. The highest BCUT2D eigenvalue weighted by molar-refractivity contribution is 5.84. The average molecular weight is 390 g/mol. The van der Waals surface area contributed by atoms with Gasteiger partial charge in [0.15, 0.2) is 0 Å². The number of amides is 2. The maximum atomic E-state index is 12.5. The summed E-state index contributed by atoms with van der Waals surface area (Å²) in [6.07, 6.45) is -6.91. The number of halogens is 3. The smallest absolute Gasteiger partial charge is 0.391 e. The van der Waals surface area contributed by atoms with E-state index in [-0.39, 0.29) is 0 Å². The van der Waals surface area contributed by atoms with Crippen molar-refractivity contribution in [2.24, 2.45) is 0 Å². The third kappa shape index (κ3) is 7.97. The minimum Gasteiger partial charge on any atom is -0.494 e. The maximum Gasteiger partial charge on any atom is 0.391 e. The van der Waals surface area contributed by atoms with E-state index in [1.165, 1.54) is 6.92 Å². The van der Waals surface area contributed by atoms with Gasteiger partial charge in [-0.1, -0.05) is 18.2 Å². The van der Waals surface area contributed by atoms with Crippen molar-refractivity contribution < 1.29 is 37.4 Å². The third-order valence-electron chi connectivity index (χ3n) is 3.43. The quantitative estimate of drug-likeness (QED) is 0.600. The van der Waals surface area contributed by atoms with E-state index in [1.807, 2.05) is 5.32 Å². The Labute approximate surface area is 153 Å². The van der Waals surface area contributed by atoms with Crippen LogP contribution < -0.4 is 15.4 Å². The lowest BCUT2D eigenvalue weighted by Gasteiger charge is -2.22. The second-order valence-corrected chi connectivity index (χ2v) is 5.71. The molecular weight excluding hydrogens is 369 g/mol. The number of carboxylic acids is 1. The zero-order chi connectivity index (χ0) is 20.6. The number of rotatable bonds is 9. The van der Waals surface area contributed by atoms with Gasteiger partial charge in [0.1, 0.15) is 11.8 Å². The monoisotopic (exact) mass is 390 g/mol. The van der Waals surface area contributed by atoms with Crippen LogP contribution in [0.25, 0.3) is 0 Å². The van der Waals surface area contributed by atoms with E-state index in [0.29, 0.717) is 17.9 Å². The lowest BCUT2D eigenvalue weighted by molar-refractivity contribution is -0.160. The van der Waals surface area contributed by atoms with E-state index in [0.717, 1.165) is 0 Å². The lowest BCUT2D eigenvalue weighted by atomic mass is 10.0. The van der Waals surface area contributed by atoms with E-state index in [2.05, 4.69) is 5.32 Å². The van der Waals surface area contributed by atoms with Crippen molar-refractivity contribution in [3.8, 4) is 5.75 Å². The van der Waals surface area contributed by atoms with E-state index >= 15 is 0 Å². The van der Waals surface area contributed by atoms with Gasteiger partial charge >= 0.3 is 12.1 Å². The Hall–Kier alpha value is -2.78. The van der Waals surface area contributed by atoms with E-state index in [9.17, 15) is 27.6 Å². The largest absolute Gasteiger partial charge is 0.494 e. The number of hydrogen-bond donors (Lipinski definition) is 3. The molecule has 3 N–H and O–H groups in total. The predicted octanol–water partition coefficient (Wildman–Crippen LogP) is 2.17. The second-order valence-electron chi connectivity index (χ2n) is 5.71. The number of carbonyl (C=O) groups excluding carboxylic acids is 2. The van der Waals surface area contributed by atoms with Gasteiger partial charge in [-0.15, -0.1) is 0 Å². The van der Waals surface area contributed by atoms with Gasteiger partial charge in [-0.05, 0) is 13.0 Å². The Morgan fingerprint density at radius 2 is 1.81 bits per heavy atom. The fourth-order valence-corrected chi connectivity index (χ4v) is 2.41. The van der Waals surface area contributed by atoms with Crippen molar-refractivity contribution in [2.45, 2.75) is 44.9 Å². The first-order chi connectivity index (χ1) is 12.5. The van der Waals surface area contributed by atoms with Crippen LogP contribution in [0.3, 0.4) is 0 Å². The molecule has 0 heterocycles. The Bertz CT molecular complexity index is 679. The topological polar surface area (TPSA) is 105 Å². The first kappa shape index (κ1) is 22.3. The van der Waals surface area contributed by atoms with Crippen molar-refractivity contribution >= 4 is 17.8 Å². The molecular formula is C17H21F3N2O5. The highest BCUT2D eigenvalue weighted by Crippen LogP contribution is 2.28. The van der Waals surface area contributed by atoms with Gasteiger partial charge < -0.3 is 20.5 Å². The summed E-state index contributed by atoms with van der Waals surface area (Å²) in [5, 5.41) is 13.3. The molecule has 0 aliphatic carbocycles. The van der Waals surface area contributed by atoms with Crippen LogP contribution >= 0.6 is 0 Å². The summed E-state index contributed by atoms with van der Waals surface area (Å²) in [5.41, 5.74) is 0.451. The van der Waals surface area contributed by atoms with Crippen LogP contribution in [0.4, 0.5) is 13.2 Å². The van der Waals surface area contributed by atoms with Crippen molar-refractivity contribution in [2.75, 3.05) is 6.61 Å². The van der Waals surface area contributed by atoms with Crippen LogP contribution in [0.5, 0.6) is 5.75 Å². The molecule has 0 bridgehead atoms. The normalized spacial score (nSPS) is 13.4. The number of ether oxygens (including phenoxy) is 1. The first-order valence-electron chi connectivity index (χ1n) is 8.11. The molecule has 0 saturated heterocycles. The molecule has 2 unspecified atom stereocenters. The summed E-state index contributed by atoms with van der Waals surface area (Å²) in [4.78, 5) is 34.6. The molecule has 27 heavy (non-hydrogen) atoms. The molecule has 0 aliphatic heterocycles. The molecule has 0 fully saturated rings. The summed E-state index contributed by atoms with van der Waals surface area (Å²) in [7, 11) is 0. The van der Waals surface area contributed by atoms with Gasteiger partial charge in [-0.3, -0.25) is 9.59 Å². The zero-order valence-corrected chi connectivity index (χ0v) is 14.8. The van der Waals surface area contributed by atoms with Crippen LogP contribution in [0, 0.1) is 0 Å². The number of nitrogens with one attached hydrogen (secondary N) is 2. The molecule has 0 saturated carbocycles. The second kappa shape index (κ2) is 9.79. The number of aliphatic carboxylic acids is 1. The standard InChI is InChI=1S/C17H21F3N2O5/c1-3-27-14-7-5-4-6-11(14)12(21-10(2)23)8-15(24)22-13(16(25)26)9-17(18,19)20/h4-7,12-13H,3,8-9H2,1-2H3,(H,21,23)(H,22,24)(H,25,26). The SMILES string of the molecule is CCOc1ccccc1C(CC(=O)NC(CC(F)(F)F)C(=O)O)NC(C)=O. The summed E-state index contributed by atoms with van der Waals surface area (Å²) in [6.45, 7) is 3.28. The van der Waals surface area contributed by atoms with Gasteiger partial charge in [0.25, 0.3) is 0 Å². The lowest BCUT2D eigenvalue weighted by Crippen LogP contribution is -2.44. The van der Waals surface area contributed by atoms with Gasteiger partial charge in [0.2, 0.25) is 11.8 Å². The molecule has 7 nitrogen and oxygen atoms in total. The number of hydrogen-bond acceptors (Lipinski definition) is 4. The van der Waals surface area contributed by atoms with Crippen LogP contribution in [0.1, 0.15) is 38.3 Å². The molecule has 1 aromatic carbocycles. The summed E-state index contributed by atoms with van der Waals surface area (Å²) < 4.78 is 42.8. The van der Waals surface area contributed by atoms with Crippen molar-refractivity contribution in [1.82, 2.24) is 10.6 Å². The first-order valence-corrected chi connectivity index (χ1v) is 8.11. The Morgan fingerprint density at radius 1 is 1.19 bits per heavy atom. The van der Waals surface area contributed by atoms with Crippen LogP contribution in [-0.2, 0) is 14.4 Å².